The second-order valence-electron chi connectivity index (χ2n) is 3.83. The molecule has 1 aromatic rings. The normalized spacial score (nSPS) is 25.5. The Morgan fingerprint density at radius 3 is 2.80 bits per heavy atom. The van der Waals surface area contributed by atoms with Crippen LogP contribution in [-0.4, -0.2) is 17.1 Å². The lowest BCUT2D eigenvalue weighted by molar-refractivity contribution is 0.567. The molecule has 0 aromatic carbocycles. The van der Waals surface area contributed by atoms with Crippen LogP contribution in [0.25, 0.3) is 0 Å². The highest BCUT2D eigenvalue weighted by atomic mass is 19.1. The monoisotopic (exact) mass is 213 g/mol. The van der Waals surface area contributed by atoms with Gasteiger partial charge in [0.2, 0.25) is 0 Å². The third-order valence-corrected chi connectivity index (χ3v) is 2.70. The molecule has 0 amide bonds. The topological polar surface area (TPSA) is 50.9 Å². The average Bonchev–Trinajstić information content (AvgIpc) is 2.57. The molecule has 1 aliphatic carbocycles. The van der Waals surface area contributed by atoms with E-state index in [1.54, 1.807) is 0 Å². The Hall–Kier alpha value is -1.23. The lowest BCUT2D eigenvalue weighted by Crippen LogP contribution is -2.35. The molecule has 2 atom stereocenters. The van der Waals surface area contributed by atoms with Gasteiger partial charge in [-0.2, -0.15) is 0 Å². The molecule has 1 saturated carbocycles. The molecule has 2 unspecified atom stereocenters. The van der Waals surface area contributed by atoms with Crippen LogP contribution in [-0.2, 0) is 0 Å². The van der Waals surface area contributed by atoms with Crippen molar-refractivity contribution in [2.24, 2.45) is 5.73 Å². The molecule has 0 aliphatic heterocycles. The molecule has 3 N–H and O–H groups in total. The second-order valence-corrected chi connectivity index (χ2v) is 3.83. The van der Waals surface area contributed by atoms with E-state index in [9.17, 15) is 8.78 Å². The fourth-order valence-corrected chi connectivity index (χ4v) is 1.86. The molecular weight excluding hydrogens is 200 g/mol. The summed E-state index contributed by atoms with van der Waals surface area (Å²) in [6, 6.07) is 0.879. The molecule has 1 aromatic heterocycles. The second kappa shape index (κ2) is 4.10. The molecule has 5 heteroatoms. The van der Waals surface area contributed by atoms with Gasteiger partial charge >= 0.3 is 0 Å². The Morgan fingerprint density at radius 1 is 1.40 bits per heavy atom. The number of hydrogen-bond donors (Lipinski definition) is 2. The predicted molar refractivity (Wildman–Crippen MR) is 53.4 cm³/mol. The Balaban J connectivity index is 2.10. The van der Waals surface area contributed by atoms with Crippen LogP contribution in [0.1, 0.15) is 19.3 Å². The van der Waals surface area contributed by atoms with Crippen LogP contribution in [0, 0.1) is 11.6 Å². The maximum Gasteiger partial charge on any atom is 0.168 e. The standard InChI is InChI=1S/C10H13F2N3/c11-6-4-7(12)10(14-5-6)15-9-3-1-2-8(9)13/h4-5,8-9H,1-3,13H2,(H,14,15). The number of halogens is 2. The van der Waals surface area contributed by atoms with E-state index in [4.69, 9.17) is 5.73 Å². The zero-order valence-electron chi connectivity index (χ0n) is 8.21. The molecule has 0 spiro atoms. The predicted octanol–water partition coefficient (Wildman–Crippen LogP) is 1.65. The van der Waals surface area contributed by atoms with Crippen LogP contribution in [0.15, 0.2) is 12.3 Å². The maximum atomic E-state index is 13.2. The molecule has 3 nitrogen and oxygen atoms in total. The van der Waals surface area contributed by atoms with E-state index in [0.29, 0.717) is 0 Å². The third kappa shape index (κ3) is 2.23. The lowest BCUT2D eigenvalue weighted by atomic mass is 10.2. The Bertz CT molecular complexity index is 357. The Morgan fingerprint density at radius 2 is 2.20 bits per heavy atom. The van der Waals surface area contributed by atoms with E-state index in [1.807, 2.05) is 0 Å². The number of pyridine rings is 1. The largest absolute Gasteiger partial charge is 0.363 e. The molecule has 0 saturated heterocycles. The number of nitrogens with one attached hydrogen (secondary N) is 1. The van der Waals surface area contributed by atoms with Crippen molar-refractivity contribution in [1.29, 1.82) is 0 Å². The summed E-state index contributed by atoms with van der Waals surface area (Å²) in [7, 11) is 0. The molecule has 1 heterocycles. The van der Waals surface area contributed by atoms with E-state index < -0.39 is 11.6 Å². The van der Waals surface area contributed by atoms with Crippen LogP contribution in [0.5, 0.6) is 0 Å². The highest BCUT2D eigenvalue weighted by molar-refractivity contribution is 5.37. The molecule has 2 rings (SSSR count). The summed E-state index contributed by atoms with van der Waals surface area (Å²) in [5.74, 6) is -1.26. The maximum absolute atomic E-state index is 13.2. The van der Waals surface area contributed by atoms with Gasteiger partial charge in [-0.25, -0.2) is 13.8 Å². The van der Waals surface area contributed by atoms with Gasteiger partial charge in [-0.1, -0.05) is 0 Å². The fourth-order valence-electron chi connectivity index (χ4n) is 1.86. The molecule has 0 radical (unpaired) electrons. The number of rotatable bonds is 2. The number of anilines is 1. The molecule has 1 aliphatic rings. The molecule has 1 fully saturated rings. The van der Waals surface area contributed by atoms with E-state index in [2.05, 4.69) is 10.3 Å². The van der Waals surface area contributed by atoms with Gasteiger partial charge in [0.1, 0.15) is 5.82 Å². The van der Waals surface area contributed by atoms with E-state index >= 15 is 0 Å². The zero-order valence-corrected chi connectivity index (χ0v) is 8.21. The quantitative estimate of drug-likeness (QED) is 0.785. The van der Waals surface area contributed by atoms with E-state index in [1.165, 1.54) is 0 Å². The highest BCUT2D eigenvalue weighted by Gasteiger charge is 2.24. The lowest BCUT2D eigenvalue weighted by Gasteiger charge is -2.17. The van der Waals surface area contributed by atoms with Gasteiger partial charge in [-0.15, -0.1) is 0 Å². The summed E-state index contributed by atoms with van der Waals surface area (Å²) in [5, 5.41) is 2.91. The van der Waals surface area contributed by atoms with Crippen molar-refractivity contribution >= 4 is 5.82 Å². The van der Waals surface area contributed by atoms with Crippen molar-refractivity contribution < 1.29 is 8.78 Å². The van der Waals surface area contributed by atoms with E-state index in [0.717, 1.165) is 31.5 Å². The smallest absolute Gasteiger partial charge is 0.168 e. The van der Waals surface area contributed by atoms with Crippen LogP contribution in [0.3, 0.4) is 0 Å². The first kappa shape index (κ1) is 10.3. The molecule has 82 valence electrons. The molecule has 0 bridgehead atoms. The summed E-state index contributed by atoms with van der Waals surface area (Å²) in [4.78, 5) is 3.66. The minimum absolute atomic E-state index is 0.0243. The van der Waals surface area contributed by atoms with Crippen LogP contribution >= 0.6 is 0 Å². The van der Waals surface area contributed by atoms with Crippen molar-refractivity contribution in [2.75, 3.05) is 5.32 Å². The summed E-state index contributed by atoms with van der Waals surface area (Å²) >= 11 is 0. The van der Waals surface area contributed by atoms with Crippen LogP contribution < -0.4 is 11.1 Å². The van der Waals surface area contributed by atoms with Gasteiger partial charge in [-0.05, 0) is 19.3 Å². The van der Waals surface area contributed by atoms with Crippen molar-refractivity contribution in [3.63, 3.8) is 0 Å². The summed E-state index contributed by atoms with van der Waals surface area (Å²) < 4.78 is 25.8. The number of nitrogens with two attached hydrogens (primary N) is 1. The minimum atomic E-state index is -0.672. The summed E-state index contributed by atoms with van der Waals surface area (Å²) in [5.41, 5.74) is 5.82. The zero-order chi connectivity index (χ0) is 10.8. The molecule has 15 heavy (non-hydrogen) atoms. The average molecular weight is 213 g/mol. The van der Waals surface area contributed by atoms with Crippen molar-refractivity contribution in [3.8, 4) is 0 Å². The van der Waals surface area contributed by atoms with E-state index in [-0.39, 0.29) is 17.9 Å². The minimum Gasteiger partial charge on any atom is -0.363 e. The van der Waals surface area contributed by atoms with Gasteiger partial charge in [0.05, 0.1) is 6.20 Å². The first-order valence-corrected chi connectivity index (χ1v) is 5.00. The van der Waals surface area contributed by atoms with Crippen LogP contribution in [0.4, 0.5) is 14.6 Å². The Kier molecular flexibility index (Phi) is 2.81. The van der Waals surface area contributed by atoms with Gasteiger partial charge < -0.3 is 11.1 Å². The summed E-state index contributed by atoms with van der Waals surface area (Å²) in [6.07, 6.45) is 3.85. The number of nitrogens with zero attached hydrogens (tertiary/aromatic N) is 1. The molecular formula is C10H13F2N3. The van der Waals surface area contributed by atoms with Crippen molar-refractivity contribution in [1.82, 2.24) is 4.98 Å². The van der Waals surface area contributed by atoms with Gasteiger partial charge in [0.15, 0.2) is 11.6 Å². The fraction of sp³-hybridized carbons (Fsp3) is 0.500. The number of aromatic nitrogens is 1. The number of hydrogen-bond acceptors (Lipinski definition) is 3. The van der Waals surface area contributed by atoms with Gasteiger partial charge in [-0.3, -0.25) is 0 Å². The van der Waals surface area contributed by atoms with Crippen molar-refractivity contribution in [3.05, 3.63) is 23.9 Å². The Labute approximate surface area is 86.7 Å². The summed E-state index contributed by atoms with van der Waals surface area (Å²) in [6.45, 7) is 0. The van der Waals surface area contributed by atoms with Crippen LogP contribution in [0.2, 0.25) is 0 Å². The van der Waals surface area contributed by atoms with Gasteiger partial charge in [0.25, 0.3) is 0 Å². The SMILES string of the molecule is NC1CCCC1Nc1ncc(F)cc1F. The van der Waals surface area contributed by atoms with Crippen molar-refractivity contribution in [2.45, 2.75) is 31.3 Å². The first-order chi connectivity index (χ1) is 7.16. The third-order valence-electron chi connectivity index (χ3n) is 2.70. The first-order valence-electron chi connectivity index (χ1n) is 5.00. The highest BCUT2D eigenvalue weighted by Crippen LogP contribution is 2.22. The van der Waals surface area contributed by atoms with Gasteiger partial charge in [0, 0.05) is 18.2 Å².